The van der Waals surface area contributed by atoms with E-state index in [1.54, 1.807) is 0 Å². The second-order valence-corrected chi connectivity index (χ2v) is 30.1. The summed E-state index contributed by atoms with van der Waals surface area (Å²) >= 11 is 0. The minimum absolute atomic E-state index is 0.120. The third kappa shape index (κ3) is 9.39. The van der Waals surface area contributed by atoms with Crippen LogP contribution in [0.5, 0.6) is 0 Å². The molecule has 0 atom stereocenters. The molecule has 0 N–H and O–H groups in total. The van der Waals surface area contributed by atoms with Crippen molar-refractivity contribution in [1.29, 1.82) is 0 Å². The molecule has 0 saturated heterocycles. The Labute approximate surface area is 491 Å². The summed E-state index contributed by atoms with van der Waals surface area (Å²) in [7, 11) is 0. The quantitative estimate of drug-likeness (QED) is 0.159. The number of fused-ring (bicyclic) bond motifs is 7. The highest BCUT2D eigenvalue weighted by Crippen LogP contribution is 2.51. The summed E-state index contributed by atoms with van der Waals surface area (Å²) in [4.78, 5) is 5.40. The molecule has 3 heterocycles. The van der Waals surface area contributed by atoms with Gasteiger partial charge in [-0.3, -0.25) is 0 Å². The van der Waals surface area contributed by atoms with Gasteiger partial charge in [-0.2, -0.15) is 0 Å². The van der Waals surface area contributed by atoms with E-state index in [1.807, 2.05) is 0 Å². The predicted octanol–water partition coefficient (Wildman–Crippen LogP) is 20.0. The lowest BCUT2D eigenvalue weighted by atomic mass is 9.33. The van der Waals surface area contributed by atoms with Gasteiger partial charge in [0.25, 0.3) is 6.71 Å². The van der Waals surface area contributed by atoms with Crippen molar-refractivity contribution in [2.24, 2.45) is 0 Å². The van der Waals surface area contributed by atoms with Crippen LogP contribution in [0.3, 0.4) is 0 Å². The van der Waals surface area contributed by atoms with Crippen molar-refractivity contribution in [2.45, 2.75) is 157 Å². The van der Waals surface area contributed by atoms with Gasteiger partial charge in [0.15, 0.2) is 0 Å². The van der Waals surface area contributed by atoms with Gasteiger partial charge in [0.2, 0.25) is 0 Å². The molecule has 1 aromatic heterocycles. The second-order valence-electron chi connectivity index (χ2n) is 30.1. The average molecular weight is 1070 g/mol. The van der Waals surface area contributed by atoms with Crippen LogP contribution in [-0.2, 0) is 32.5 Å². The van der Waals surface area contributed by atoms with Gasteiger partial charge in [-0.1, -0.05) is 246 Å². The minimum Gasteiger partial charge on any atom is -0.311 e. The molecule has 0 radical (unpaired) electrons. The van der Waals surface area contributed by atoms with Gasteiger partial charge in [0.05, 0.1) is 16.7 Å². The lowest BCUT2D eigenvalue weighted by Crippen LogP contribution is -2.62. The van der Waals surface area contributed by atoms with Gasteiger partial charge in [0.1, 0.15) is 0 Å². The number of nitrogens with zero attached hydrogens (tertiary/aromatic N) is 3. The zero-order valence-electron chi connectivity index (χ0n) is 52.2. The Morgan fingerprint density at radius 1 is 0.293 bits per heavy atom. The van der Waals surface area contributed by atoms with Crippen LogP contribution in [0.4, 0.5) is 34.1 Å². The highest BCUT2D eigenvalue weighted by Gasteiger charge is 2.46. The Morgan fingerprint density at radius 2 is 0.622 bits per heavy atom. The summed E-state index contributed by atoms with van der Waals surface area (Å²) in [5, 5.41) is 2.49. The van der Waals surface area contributed by atoms with Crippen LogP contribution < -0.4 is 26.2 Å². The monoisotopic (exact) mass is 1070 g/mol. The molecule has 0 saturated carbocycles. The van der Waals surface area contributed by atoms with E-state index in [1.165, 1.54) is 128 Å². The van der Waals surface area contributed by atoms with Gasteiger partial charge in [0, 0.05) is 44.9 Å². The van der Waals surface area contributed by atoms with E-state index in [9.17, 15) is 0 Å². The van der Waals surface area contributed by atoms with Gasteiger partial charge >= 0.3 is 0 Å². The SMILES string of the molecule is CC(C)(C)c1cc(N2c3cc(-c4ccccc4)c(C(C)(C)C)cc3B3c4cc(C(C)(C)C)c(-c5ccccc5)cc4N(c4cc(C(C)(C)C)cc(C(C)(C)C)c4)c4cc(-n5c6ccccc6c6ccccc65)cc2c43)cc(C(C)(C)C)c1. The summed E-state index contributed by atoms with van der Waals surface area (Å²) in [6.45, 7) is 42.7. The zero-order chi connectivity index (χ0) is 58.4. The van der Waals surface area contributed by atoms with Gasteiger partial charge in [-0.05, 0) is 165 Å². The largest absolute Gasteiger partial charge is 0.311 e. The Morgan fingerprint density at radius 3 is 0.951 bits per heavy atom. The van der Waals surface area contributed by atoms with Crippen molar-refractivity contribution in [2.75, 3.05) is 9.80 Å². The lowest BCUT2D eigenvalue weighted by molar-refractivity contribution is 0.568. The van der Waals surface area contributed by atoms with E-state index < -0.39 is 0 Å². The van der Waals surface area contributed by atoms with Gasteiger partial charge in [-0.25, -0.2) is 0 Å². The normalized spacial score (nSPS) is 13.9. The van der Waals surface area contributed by atoms with Gasteiger partial charge < -0.3 is 14.4 Å². The van der Waals surface area contributed by atoms with Crippen LogP contribution in [0.25, 0.3) is 49.7 Å². The average Bonchev–Trinajstić information content (AvgIpc) is 1.01. The number of rotatable bonds is 5. The molecule has 0 aliphatic carbocycles. The fourth-order valence-corrected chi connectivity index (χ4v) is 13.1. The summed E-state index contributed by atoms with van der Waals surface area (Å²) in [6, 6.07) is 70.9. The molecule has 0 unspecified atom stereocenters. The third-order valence-corrected chi connectivity index (χ3v) is 17.8. The first kappa shape index (κ1) is 55.0. The van der Waals surface area contributed by atoms with Crippen LogP contribution in [0, 0.1) is 0 Å². The molecular weight excluding hydrogens is 990 g/mol. The number of anilines is 6. The molecule has 82 heavy (non-hydrogen) atoms. The second kappa shape index (κ2) is 19.0. The number of benzene rings is 9. The Balaban J connectivity index is 1.34. The molecule has 3 nitrogen and oxygen atoms in total. The van der Waals surface area contributed by atoms with Gasteiger partial charge in [-0.15, -0.1) is 0 Å². The highest BCUT2D eigenvalue weighted by atomic mass is 15.2. The van der Waals surface area contributed by atoms with E-state index in [0.717, 1.165) is 5.69 Å². The first-order chi connectivity index (χ1) is 38.5. The summed E-state index contributed by atoms with van der Waals surface area (Å²) < 4.78 is 2.55. The maximum atomic E-state index is 2.70. The van der Waals surface area contributed by atoms with Crippen LogP contribution in [-0.4, -0.2) is 11.3 Å². The molecule has 2 aliphatic rings. The van der Waals surface area contributed by atoms with E-state index in [-0.39, 0.29) is 39.2 Å². The third-order valence-electron chi connectivity index (χ3n) is 17.8. The van der Waals surface area contributed by atoms with E-state index >= 15 is 0 Å². The molecule has 4 heteroatoms. The van der Waals surface area contributed by atoms with E-state index in [4.69, 9.17) is 0 Å². The van der Waals surface area contributed by atoms with Crippen molar-refractivity contribution in [3.63, 3.8) is 0 Å². The van der Waals surface area contributed by atoms with Crippen molar-refractivity contribution >= 4 is 79.0 Å². The number of hydrogen-bond acceptors (Lipinski definition) is 2. The molecule has 0 bridgehead atoms. The fraction of sp³-hybridized carbons (Fsp3) is 0.308. The predicted molar refractivity (Wildman–Crippen MR) is 358 cm³/mol. The maximum Gasteiger partial charge on any atom is 0.252 e. The first-order valence-electron chi connectivity index (χ1n) is 30.0. The molecule has 0 amide bonds. The van der Waals surface area contributed by atoms with Crippen molar-refractivity contribution in [1.82, 2.24) is 4.57 Å². The summed E-state index contributed by atoms with van der Waals surface area (Å²) in [5.41, 5.74) is 26.8. The van der Waals surface area contributed by atoms with Crippen molar-refractivity contribution in [3.05, 3.63) is 215 Å². The zero-order valence-corrected chi connectivity index (χ0v) is 52.2. The van der Waals surface area contributed by atoms with Crippen molar-refractivity contribution in [3.8, 4) is 27.9 Å². The van der Waals surface area contributed by atoms with Crippen LogP contribution >= 0.6 is 0 Å². The summed E-state index contributed by atoms with van der Waals surface area (Å²) in [6.07, 6.45) is 0. The maximum absolute atomic E-state index is 2.70. The standard InChI is InChI=1S/C78H84BN3/c1-73(2,3)51-37-52(74(4,5)6)40-55(39-51)81-68-45-60(49-29-21-19-22-30-49)62(77(13,14)15)47-64(68)79-65-48-63(78(16,17)18)61(50-31-23-20-24-32-50)46-69(65)82(56-41-53(75(7,8)9)38-54(42-56)76(10,11)12)71-44-57(43-70(81)72(71)79)80-66-35-27-25-33-58(66)59-34-26-28-36-67(59)80/h19-48H,1-18H3. The first-order valence-corrected chi connectivity index (χ1v) is 30.0. The molecule has 12 rings (SSSR count). The molecule has 414 valence electrons. The van der Waals surface area contributed by atoms with Crippen LogP contribution in [0.15, 0.2) is 182 Å². The van der Waals surface area contributed by atoms with E-state index in [0.29, 0.717) is 0 Å². The Kier molecular flexibility index (Phi) is 12.7. The minimum atomic E-state index is -0.186. The fourth-order valence-electron chi connectivity index (χ4n) is 13.1. The van der Waals surface area contributed by atoms with Crippen LogP contribution in [0.2, 0.25) is 0 Å². The highest BCUT2D eigenvalue weighted by molar-refractivity contribution is 7.00. The Bertz CT molecular complexity index is 3820. The smallest absolute Gasteiger partial charge is 0.252 e. The van der Waals surface area contributed by atoms with Crippen LogP contribution in [0.1, 0.15) is 158 Å². The van der Waals surface area contributed by atoms with E-state index in [2.05, 4.69) is 321 Å². The molecule has 0 fully saturated rings. The molecule has 2 aliphatic heterocycles. The molecule has 10 aromatic rings. The summed E-state index contributed by atoms with van der Waals surface area (Å²) in [5.74, 6) is 0. The molecule has 0 spiro atoms. The molecule has 9 aromatic carbocycles. The topological polar surface area (TPSA) is 11.4 Å². The molecular formula is C78H84BN3. The Hall–Kier alpha value is -7.56. The number of aromatic nitrogens is 1. The number of hydrogen-bond donors (Lipinski definition) is 0. The number of para-hydroxylation sites is 2. The lowest BCUT2D eigenvalue weighted by Gasteiger charge is -2.46. The van der Waals surface area contributed by atoms with Crippen molar-refractivity contribution < 1.29 is 0 Å².